The lowest BCUT2D eigenvalue weighted by molar-refractivity contribution is -0.116. The molecule has 1 N–H and O–H groups in total. The third-order valence-corrected chi connectivity index (χ3v) is 4.41. The van der Waals surface area contributed by atoms with Gasteiger partial charge in [-0.2, -0.15) is 0 Å². The SMILES string of the molecule is Cc1ccccc1OCCCNC(=O)/C=C/c1ccc(OCc2cccnc2)cc1. The van der Waals surface area contributed by atoms with Crippen LogP contribution in [-0.2, 0) is 11.4 Å². The van der Waals surface area contributed by atoms with E-state index < -0.39 is 0 Å². The minimum atomic E-state index is -0.122. The second kappa shape index (κ2) is 11.4. The van der Waals surface area contributed by atoms with E-state index in [0.29, 0.717) is 19.8 Å². The molecule has 3 aromatic rings. The Hall–Kier alpha value is -3.60. The summed E-state index contributed by atoms with van der Waals surface area (Å²) in [5.74, 6) is 1.54. The Morgan fingerprint density at radius 3 is 2.63 bits per heavy atom. The van der Waals surface area contributed by atoms with Gasteiger partial charge in [0.2, 0.25) is 5.91 Å². The quantitative estimate of drug-likeness (QED) is 0.399. The van der Waals surface area contributed by atoms with Gasteiger partial charge < -0.3 is 14.8 Å². The lowest BCUT2D eigenvalue weighted by Crippen LogP contribution is -2.23. The van der Waals surface area contributed by atoms with Crippen molar-refractivity contribution >= 4 is 12.0 Å². The highest BCUT2D eigenvalue weighted by atomic mass is 16.5. The van der Waals surface area contributed by atoms with Gasteiger partial charge in [-0.05, 0) is 54.8 Å². The number of para-hydroxylation sites is 1. The van der Waals surface area contributed by atoms with Crippen molar-refractivity contribution in [2.24, 2.45) is 0 Å². The van der Waals surface area contributed by atoms with Crippen molar-refractivity contribution in [2.75, 3.05) is 13.2 Å². The van der Waals surface area contributed by atoms with Crippen LogP contribution in [-0.4, -0.2) is 24.0 Å². The van der Waals surface area contributed by atoms with E-state index in [1.54, 1.807) is 18.5 Å². The summed E-state index contributed by atoms with van der Waals surface area (Å²) in [5, 5.41) is 2.87. The molecule has 0 radical (unpaired) electrons. The molecule has 0 fully saturated rings. The molecule has 3 rings (SSSR count). The predicted molar refractivity (Wildman–Crippen MR) is 118 cm³/mol. The highest BCUT2D eigenvalue weighted by Gasteiger charge is 2.00. The van der Waals surface area contributed by atoms with Crippen LogP contribution in [0.5, 0.6) is 11.5 Å². The van der Waals surface area contributed by atoms with E-state index in [2.05, 4.69) is 10.3 Å². The Balaban J connectivity index is 1.34. The summed E-state index contributed by atoms with van der Waals surface area (Å²) >= 11 is 0. The van der Waals surface area contributed by atoms with E-state index in [0.717, 1.165) is 34.6 Å². The lowest BCUT2D eigenvalue weighted by Gasteiger charge is -2.08. The number of nitrogens with zero attached hydrogens (tertiary/aromatic N) is 1. The van der Waals surface area contributed by atoms with E-state index in [9.17, 15) is 4.79 Å². The van der Waals surface area contributed by atoms with Gasteiger partial charge in [0, 0.05) is 30.6 Å². The fourth-order valence-corrected chi connectivity index (χ4v) is 2.74. The van der Waals surface area contributed by atoms with Gasteiger partial charge in [-0.1, -0.05) is 36.4 Å². The average Bonchev–Trinajstić information content (AvgIpc) is 2.78. The van der Waals surface area contributed by atoms with Crippen molar-refractivity contribution in [2.45, 2.75) is 20.0 Å². The fraction of sp³-hybridized carbons (Fsp3) is 0.200. The van der Waals surface area contributed by atoms with E-state index in [1.807, 2.05) is 67.6 Å². The zero-order valence-electron chi connectivity index (χ0n) is 17.1. The van der Waals surface area contributed by atoms with Crippen molar-refractivity contribution in [1.29, 1.82) is 0 Å². The van der Waals surface area contributed by atoms with Gasteiger partial charge in [0.25, 0.3) is 0 Å². The molecule has 0 saturated heterocycles. The minimum absolute atomic E-state index is 0.122. The molecular formula is C25H26N2O3. The minimum Gasteiger partial charge on any atom is -0.493 e. The van der Waals surface area contributed by atoms with Gasteiger partial charge in [0.1, 0.15) is 18.1 Å². The smallest absolute Gasteiger partial charge is 0.244 e. The average molecular weight is 402 g/mol. The number of hydrogen-bond donors (Lipinski definition) is 1. The number of carbonyl (C=O) groups excluding carboxylic acids is 1. The normalized spacial score (nSPS) is 10.7. The zero-order valence-corrected chi connectivity index (χ0v) is 17.1. The summed E-state index contributed by atoms with van der Waals surface area (Å²) in [6.45, 7) is 3.62. The number of pyridine rings is 1. The maximum Gasteiger partial charge on any atom is 0.244 e. The van der Waals surface area contributed by atoms with Gasteiger partial charge in [-0.15, -0.1) is 0 Å². The summed E-state index contributed by atoms with van der Waals surface area (Å²) in [7, 11) is 0. The van der Waals surface area contributed by atoms with Crippen molar-refractivity contribution in [3.05, 3.63) is 95.8 Å². The van der Waals surface area contributed by atoms with Gasteiger partial charge >= 0.3 is 0 Å². The van der Waals surface area contributed by atoms with Crippen LogP contribution in [0.2, 0.25) is 0 Å². The molecule has 0 saturated carbocycles. The monoisotopic (exact) mass is 402 g/mol. The summed E-state index contributed by atoms with van der Waals surface area (Å²) < 4.78 is 11.5. The number of carbonyl (C=O) groups is 1. The Morgan fingerprint density at radius 1 is 1.03 bits per heavy atom. The highest BCUT2D eigenvalue weighted by molar-refractivity contribution is 5.91. The van der Waals surface area contributed by atoms with Crippen molar-refractivity contribution in [3.8, 4) is 11.5 Å². The molecule has 0 aliphatic heterocycles. The van der Waals surface area contributed by atoms with E-state index >= 15 is 0 Å². The second-order valence-electron chi connectivity index (χ2n) is 6.81. The molecule has 0 aliphatic carbocycles. The number of aromatic nitrogens is 1. The van der Waals surface area contributed by atoms with Gasteiger partial charge in [0.05, 0.1) is 6.61 Å². The molecule has 0 aliphatic rings. The first-order chi connectivity index (χ1) is 14.7. The Bertz CT molecular complexity index is 954. The zero-order chi connectivity index (χ0) is 21.0. The molecule has 5 heteroatoms. The molecule has 5 nitrogen and oxygen atoms in total. The molecule has 1 aromatic heterocycles. The molecule has 2 aromatic carbocycles. The second-order valence-corrected chi connectivity index (χ2v) is 6.81. The van der Waals surface area contributed by atoms with Crippen LogP contribution in [0.15, 0.2) is 79.1 Å². The van der Waals surface area contributed by atoms with Gasteiger partial charge in [-0.3, -0.25) is 9.78 Å². The molecule has 0 atom stereocenters. The molecule has 154 valence electrons. The highest BCUT2D eigenvalue weighted by Crippen LogP contribution is 2.16. The van der Waals surface area contributed by atoms with E-state index in [4.69, 9.17) is 9.47 Å². The number of ether oxygens (including phenoxy) is 2. The molecular weight excluding hydrogens is 376 g/mol. The van der Waals surface area contributed by atoms with Crippen LogP contribution in [0.25, 0.3) is 6.08 Å². The predicted octanol–water partition coefficient (Wildman–Crippen LogP) is 4.57. The Labute approximate surface area is 177 Å². The van der Waals surface area contributed by atoms with Gasteiger partial charge in [-0.25, -0.2) is 0 Å². The molecule has 0 spiro atoms. The number of nitrogens with one attached hydrogen (secondary N) is 1. The number of aryl methyl sites for hydroxylation is 1. The summed E-state index contributed by atoms with van der Waals surface area (Å²) in [5.41, 5.74) is 3.06. The summed E-state index contributed by atoms with van der Waals surface area (Å²) in [4.78, 5) is 16.0. The maximum atomic E-state index is 12.0. The maximum absolute atomic E-state index is 12.0. The number of rotatable bonds is 10. The Kier molecular flexibility index (Phi) is 8.03. The summed E-state index contributed by atoms with van der Waals surface area (Å²) in [6.07, 6.45) is 7.58. The molecule has 0 unspecified atom stereocenters. The van der Waals surface area contributed by atoms with Crippen LogP contribution in [0.3, 0.4) is 0 Å². The Morgan fingerprint density at radius 2 is 1.87 bits per heavy atom. The fourth-order valence-electron chi connectivity index (χ4n) is 2.74. The number of hydrogen-bond acceptors (Lipinski definition) is 4. The first kappa shape index (κ1) is 21.1. The van der Waals surface area contributed by atoms with Crippen LogP contribution in [0, 0.1) is 6.92 Å². The van der Waals surface area contributed by atoms with Crippen LogP contribution < -0.4 is 14.8 Å². The third kappa shape index (κ3) is 7.09. The van der Waals surface area contributed by atoms with E-state index in [1.165, 1.54) is 6.08 Å². The third-order valence-electron chi connectivity index (χ3n) is 4.41. The largest absolute Gasteiger partial charge is 0.493 e. The number of amides is 1. The molecule has 0 bridgehead atoms. The molecule has 1 heterocycles. The molecule has 30 heavy (non-hydrogen) atoms. The molecule has 1 amide bonds. The lowest BCUT2D eigenvalue weighted by atomic mass is 10.2. The van der Waals surface area contributed by atoms with Crippen molar-refractivity contribution in [1.82, 2.24) is 10.3 Å². The van der Waals surface area contributed by atoms with Crippen LogP contribution in [0.4, 0.5) is 0 Å². The van der Waals surface area contributed by atoms with Gasteiger partial charge in [0.15, 0.2) is 0 Å². The first-order valence-electron chi connectivity index (χ1n) is 9.97. The summed E-state index contributed by atoms with van der Waals surface area (Å²) in [6, 6.07) is 19.4. The standard InChI is InChI=1S/C25H26N2O3/c1-20-6-2-3-8-24(20)29-17-5-16-27-25(28)14-11-21-9-12-23(13-10-21)30-19-22-7-4-15-26-18-22/h2-4,6-15,18H,5,16-17,19H2,1H3,(H,27,28)/b14-11+. The first-order valence-corrected chi connectivity index (χ1v) is 9.97. The van der Waals surface area contributed by atoms with Crippen molar-refractivity contribution < 1.29 is 14.3 Å². The van der Waals surface area contributed by atoms with Crippen LogP contribution in [0.1, 0.15) is 23.1 Å². The number of benzene rings is 2. The topological polar surface area (TPSA) is 60.5 Å². The van der Waals surface area contributed by atoms with Crippen LogP contribution >= 0.6 is 0 Å². The van der Waals surface area contributed by atoms with E-state index in [-0.39, 0.29) is 5.91 Å². The van der Waals surface area contributed by atoms with Crippen molar-refractivity contribution in [3.63, 3.8) is 0 Å².